The Morgan fingerprint density at radius 3 is 2.84 bits per heavy atom. The van der Waals surface area contributed by atoms with Crippen molar-refractivity contribution in [3.63, 3.8) is 0 Å². The lowest BCUT2D eigenvalue weighted by molar-refractivity contribution is -0.132. The highest BCUT2D eigenvalue weighted by molar-refractivity contribution is 7.89. The second kappa shape index (κ2) is 7.13. The standard InChI is InChI=1S/C17H24N4O3S/c1-18-10-13-6-5-9-20(13)17(22)11-21-15-8-4-3-7-14(15)19-16(21)12-25(2,23)24/h3-4,7-8,13,18H,5-6,9-12H2,1-2H3/t13-/m1/s1. The predicted molar refractivity (Wildman–Crippen MR) is 96.9 cm³/mol. The number of hydrogen-bond donors (Lipinski definition) is 1. The number of carbonyl (C=O) groups excluding carboxylic acids is 1. The third-order valence-electron chi connectivity index (χ3n) is 4.56. The van der Waals surface area contributed by atoms with E-state index < -0.39 is 9.84 Å². The summed E-state index contributed by atoms with van der Waals surface area (Å²) in [6.07, 6.45) is 3.17. The fourth-order valence-electron chi connectivity index (χ4n) is 3.48. The summed E-state index contributed by atoms with van der Waals surface area (Å²) in [6, 6.07) is 7.63. The average molecular weight is 364 g/mol. The summed E-state index contributed by atoms with van der Waals surface area (Å²) in [6.45, 7) is 1.64. The van der Waals surface area contributed by atoms with E-state index in [9.17, 15) is 13.2 Å². The largest absolute Gasteiger partial charge is 0.337 e. The summed E-state index contributed by atoms with van der Waals surface area (Å²) in [5.41, 5.74) is 1.50. The number of likely N-dealkylation sites (tertiary alicyclic amines) is 1. The molecule has 1 atom stereocenters. The fourth-order valence-corrected chi connectivity index (χ4v) is 4.17. The number of rotatable bonds is 6. The Morgan fingerprint density at radius 1 is 1.36 bits per heavy atom. The first-order valence-electron chi connectivity index (χ1n) is 8.45. The molecule has 1 saturated heterocycles. The van der Waals surface area contributed by atoms with Gasteiger partial charge in [0.25, 0.3) is 0 Å². The maximum Gasteiger partial charge on any atom is 0.242 e. The molecule has 0 aliphatic carbocycles. The van der Waals surface area contributed by atoms with Gasteiger partial charge in [-0.25, -0.2) is 13.4 Å². The third-order valence-corrected chi connectivity index (χ3v) is 5.34. The van der Waals surface area contributed by atoms with E-state index in [1.54, 1.807) is 4.57 Å². The summed E-state index contributed by atoms with van der Waals surface area (Å²) in [7, 11) is -1.36. The number of nitrogens with zero attached hydrogens (tertiary/aromatic N) is 3. The maximum atomic E-state index is 12.9. The first-order chi connectivity index (χ1) is 11.9. The second-order valence-electron chi connectivity index (χ2n) is 6.61. The third kappa shape index (κ3) is 4.01. The highest BCUT2D eigenvalue weighted by Crippen LogP contribution is 2.21. The van der Waals surface area contributed by atoms with Crippen molar-refractivity contribution < 1.29 is 13.2 Å². The van der Waals surface area contributed by atoms with Gasteiger partial charge < -0.3 is 14.8 Å². The molecule has 0 spiro atoms. The van der Waals surface area contributed by atoms with Gasteiger partial charge in [-0.2, -0.15) is 0 Å². The van der Waals surface area contributed by atoms with Crippen LogP contribution in [0.2, 0.25) is 0 Å². The van der Waals surface area contributed by atoms with Crippen LogP contribution in [-0.2, 0) is 26.9 Å². The SMILES string of the molecule is CNC[C@H]1CCCN1C(=O)Cn1c(CS(C)(=O)=O)nc2ccccc21. The van der Waals surface area contributed by atoms with E-state index in [0.29, 0.717) is 11.3 Å². The molecule has 8 heteroatoms. The van der Waals surface area contributed by atoms with Crippen LogP contribution in [0.25, 0.3) is 11.0 Å². The summed E-state index contributed by atoms with van der Waals surface area (Å²) in [5.74, 6) is 0.256. The lowest BCUT2D eigenvalue weighted by atomic mass is 10.2. The summed E-state index contributed by atoms with van der Waals surface area (Å²) >= 11 is 0. The number of para-hydroxylation sites is 2. The van der Waals surface area contributed by atoms with Crippen molar-refractivity contribution in [1.82, 2.24) is 19.8 Å². The molecule has 7 nitrogen and oxygen atoms in total. The number of benzene rings is 1. The minimum absolute atomic E-state index is 0.00986. The first-order valence-corrected chi connectivity index (χ1v) is 10.5. The van der Waals surface area contributed by atoms with Gasteiger partial charge in [-0.05, 0) is 32.0 Å². The Bertz CT molecular complexity index is 875. The molecule has 1 amide bonds. The zero-order valence-electron chi connectivity index (χ0n) is 14.6. The normalized spacial score (nSPS) is 18.2. The van der Waals surface area contributed by atoms with Gasteiger partial charge in [-0.1, -0.05) is 12.1 Å². The monoisotopic (exact) mass is 364 g/mol. The van der Waals surface area contributed by atoms with Crippen LogP contribution in [-0.4, -0.2) is 61.2 Å². The van der Waals surface area contributed by atoms with Crippen LogP contribution in [0.15, 0.2) is 24.3 Å². The van der Waals surface area contributed by atoms with Crippen LogP contribution in [0.1, 0.15) is 18.7 Å². The van der Waals surface area contributed by atoms with Gasteiger partial charge in [-0.3, -0.25) is 4.79 Å². The molecule has 3 rings (SSSR count). The predicted octanol–water partition coefficient (Wildman–Crippen LogP) is 0.791. The van der Waals surface area contributed by atoms with Crippen molar-refractivity contribution in [3.8, 4) is 0 Å². The number of nitrogens with one attached hydrogen (secondary N) is 1. The van der Waals surface area contributed by atoms with Crippen LogP contribution >= 0.6 is 0 Å². The first kappa shape index (κ1) is 17.9. The van der Waals surface area contributed by atoms with E-state index in [4.69, 9.17) is 0 Å². The average Bonchev–Trinajstić information content (AvgIpc) is 3.12. The van der Waals surface area contributed by atoms with Crippen LogP contribution in [0.5, 0.6) is 0 Å². The molecule has 1 N–H and O–H groups in total. The molecule has 1 aromatic carbocycles. The smallest absolute Gasteiger partial charge is 0.242 e. The zero-order valence-corrected chi connectivity index (χ0v) is 15.4. The molecular formula is C17H24N4O3S. The number of amides is 1. The number of fused-ring (bicyclic) bond motifs is 1. The minimum atomic E-state index is -3.24. The topological polar surface area (TPSA) is 84.3 Å². The van der Waals surface area contributed by atoms with E-state index in [2.05, 4.69) is 10.3 Å². The number of aromatic nitrogens is 2. The summed E-state index contributed by atoms with van der Waals surface area (Å²) < 4.78 is 25.2. The number of sulfone groups is 1. The quantitative estimate of drug-likeness (QED) is 0.819. The van der Waals surface area contributed by atoms with Crippen molar-refractivity contribution in [2.75, 3.05) is 26.4 Å². The molecule has 1 aromatic heterocycles. The second-order valence-corrected chi connectivity index (χ2v) is 8.75. The summed E-state index contributed by atoms with van der Waals surface area (Å²) in [5, 5.41) is 3.13. The Morgan fingerprint density at radius 2 is 2.12 bits per heavy atom. The van der Waals surface area contributed by atoms with Crippen molar-refractivity contribution in [2.24, 2.45) is 0 Å². The Labute approximate surface area is 147 Å². The van der Waals surface area contributed by atoms with Gasteiger partial charge in [-0.15, -0.1) is 0 Å². The van der Waals surface area contributed by atoms with Crippen molar-refractivity contribution >= 4 is 26.8 Å². The van der Waals surface area contributed by atoms with Crippen LogP contribution in [0.4, 0.5) is 0 Å². The minimum Gasteiger partial charge on any atom is -0.337 e. The fraction of sp³-hybridized carbons (Fsp3) is 0.529. The molecule has 1 fully saturated rings. The lowest BCUT2D eigenvalue weighted by Gasteiger charge is -2.25. The Hall–Kier alpha value is -1.93. The van der Waals surface area contributed by atoms with Crippen molar-refractivity contribution in [1.29, 1.82) is 0 Å². The van der Waals surface area contributed by atoms with E-state index in [-0.39, 0.29) is 24.2 Å². The molecule has 0 radical (unpaired) electrons. The van der Waals surface area contributed by atoms with E-state index in [1.165, 1.54) is 6.26 Å². The van der Waals surface area contributed by atoms with Crippen LogP contribution in [0, 0.1) is 0 Å². The van der Waals surface area contributed by atoms with Gasteiger partial charge in [0.1, 0.15) is 18.1 Å². The number of likely N-dealkylation sites (N-methyl/N-ethyl adjacent to an activating group) is 1. The lowest BCUT2D eigenvalue weighted by Crippen LogP contribution is -2.42. The van der Waals surface area contributed by atoms with Crippen molar-refractivity contribution in [2.45, 2.75) is 31.2 Å². The summed E-state index contributed by atoms with van der Waals surface area (Å²) in [4.78, 5) is 19.2. The molecule has 0 bridgehead atoms. The van der Waals surface area contributed by atoms with Crippen LogP contribution in [0.3, 0.4) is 0 Å². The molecule has 0 saturated carbocycles. The van der Waals surface area contributed by atoms with E-state index in [1.807, 2.05) is 36.2 Å². The highest BCUT2D eigenvalue weighted by atomic mass is 32.2. The van der Waals surface area contributed by atoms with Gasteiger partial charge >= 0.3 is 0 Å². The van der Waals surface area contributed by atoms with Gasteiger partial charge in [0, 0.05) is 25.4 Å². The van der Waals surface area contributed by atoms with E-state index in [0.717, 1.165) is 31.4 Å². The zero-order chi connectivity index (χ0) is 18.0. The highest BCUT2D eigenvalue weighted by Gasteiger charge is 2.29. The molecule has 0 unspecified atom stereocenters. The molecule has 2 heterocycles. The maximum absolute atomic E-state index is 12.9. The molecule has 25 heavy (non-hydrogen) atoms. The van der Waals surface area contributed by atoms with Gasteiger partial charge in [0.2, 0.25) is 5.91 Å². The van der Waals surface area contributed by atoms with Crippen LogP contribution < -0.4 is 5.32 Å². The van der Waals surface area contributed by atoms with E-state index >= 15 is 0 Å². The van der Waals surface area contributed by atoms with Gasteiger partial charge in [0.05, 0.1) is 11.0 Å². The Kier molecular flexibility index (Phi) is 5.10. The molecule has 1 aliphatic rings. The molecule has 2 aromatic rings. The number of hydrogen-bond acceptors (Lipinski definition) is 5. The molecule has 1 aliphatic heterocycles. The van der Waals surface area contributed by atoms with Crippen molar-refractivity contribution in [3.05, 3.63) is 30.1 Å². The Balaban J connectivity index is 1.91. The molecular weight excluding hydrogens is 340 g/mol. The number of imidazole rings is 1. The molecule has 136 valence electrons. The van der Waals surface area contributed by atoms with Gasteiger partial charge in [0.15, 0.2) is 9.84 Å². The number of carbonyl (C=O) groups is 1.